The number of hydrogen-bond donors (Lipinski definition) is 2. The van der Waals surface area contributed by atoms with Gasteiger partial charge in [0.05, 0.1) is 19.2 Å². The van der Waals surface area contributed by atoms with E-state index in [9.17, 15) is 13.2 Å². The van der Waals surface area contributed by atoms with Crippen LogP contribution in [0.4, 0.5) is 0 Å². The van der Waals surface area contributed by atoms with Gasteiger partial charge in [0.25, 0.3) is 0 Å². The number of aryl methyl sites for hydroxylation is 1. The van der Waals surface area contributed by atoms with Gasteiger partial charge in [-0.2, -0.15) is 5.10 Å². The Morgan fingerprint density at radius 2 is 2.29 bits per heavy atom. The Kier molecular flexibility index (Phi) is 5.14. The van der Waals surface area contributed by atoms with E-state index in [-0.39, 0.29) is 24.4 Å². The fraction of sp³-hybridized carbons (Fsp3) is 0.273. The first-order valence-corrected chi connectivity index (χ1v) is 9.00. The zero-order valence-electron chi connectivity index (χ0n) is 10.7. The van der Waals surface area contributed by atoms with E-state index < -0.39 is 16.0 Å². The van der Waals surface area contributed by atoms with Crippen LogP contribution in [0.15, 0.2) is 33.2 Å². The third kappa shape index (κ3) is 4.37. The third-order valence-corrected chi connectivity index (χ3v) is 5.87. The van der Waals surface area contributed by atoms with Crippen molar-refractivity contribution in [3.8, 4) is 0 Å². The molecule has 0 saturated heterocycles. The van der Waals surface area contributed by atoms with Gasteiger partial charge in [0.15, 0.2) is 0 Å². The Morgan fingerprint density at radius 1 is 1.52 bits per heavy atom. The molecule has 0 amide bonds. The fourth-order valence-corrected chi connectivity index (χ4v) is 3.98. The first kappa shape index (κ1) is 16.1. The smallest absolute Gasteiger partial charge is 0.305 e. The average molecular weight is 394 g/mol. The van der Waals surface area contributed by atoms with Crippen LogP contribution < -0.4 is 4.72 Å². The van der Waals surface area contributed by atoms with E-state index in [0.29, 0.717) is 0 Å². The molecule has 0 spiro atoms. The molecule has 0 radical (unpaired) electrons. The van der Waals surface area contributed by atoms with Crippen molar-refractivity contribution in [2.45, 2.75) is 24.4 Å². The largest absolute Gasteiger partial charge is 0.481 e. The predicted octanol–water partition coefficient (Wildman–Crippen LogP) is 1.66. The highest BCUT2D eigenvalue weighted by Gasteiger charge is 2.17. The number of aromatic nitrogens is 2. The summed E-state index contributed by atoms with van der Waals surface area (Å²) in [6.07, 6.45) is 2.40. The van der Waals surface area contributed by atoms with Gasteiger partial charge in [-0.3, -0.25) is 9.48 Å². The minimum Gasteiger partial charge on any atom is -0.481 e. The molecule has 7 nitrogen and oxygen atoms in total. The molecule has 0 fully saturated rings. The lowest BCUT2D eigenvalue weighted by Gasteiger charge is -2.03. The second kappa shape index (κ2) is 6.69. The second-order valence-electron chi connectivity index (χ2n) is 4.10. The molecule has 0 aromatic carbocycles. The summed E-state index contributed by atoms with van der Waals surface area (Å²) >= 11 is 4.77. The number of thiophene rings is 1. The molecule has 0 saturated carbocycles. The summed E-state index contributed by atoms with van der Waals surface area (Å²) in [5, 5.41) is 14.3. The monoisotopic (exact) mass is 393 g/mol. The van der Waals surface area contributed by atoms with Crippen LogP contribution in [0.25, 0.3) is 0 Å². The van der Waals surface area contributed by atoms with Crippen LogP contribution in [-0.2, 0) is 27.9 Å². The molecule has 2 N–H and O–H groups in total. The Labute approximate surface area is 133 Å². The van der Waals surface area contributed by atoms with Crippen LogP contribution in [0.5, 0.6) is 0 Å². The zero-order valence-corrected chi connectivity index (χ0v) is 13.9. The summed E-state index contributed by atoms with van der Waals surface area (Å²) < 4.78 is 28.8. The highest BCUT2D eigenvalue weighted by atomic mass is 79.9. The van der Waals surface area contributed by atoms with Crippen molar-refractivity contribution < 1.29 is 18.3 Å². The Bertz CT molecular complexity index is 738. The number of sulfonamides is 1. The van der Waals surface area contributed by atoms with Crippen LogP contribution in [0.3, 0.4) is 0 Å². The predicted molar refractivity (Wildman–Crippen MR) is 80.5 cm³/mol. The molecule has 0 aliphatic carbocycles. The molecule has 0 atom stereocenters. The second-order valence-corrected chi connectivity index (χ2v) is 7.72. The van der Waals surface area contributed by atoms with Crippen LogP contribution in [0, 0.1) is 0 Å². The van der Waals surface area contributed by atoms with Crippen LogP contribution in [0.1, 0.15) is 11.3 Å². The maximum atomic E-state index is 12.1. The van der Waals surface area contributed by atoms with Gasteiger partial charge in [0.1, 0.15) is 4.90 Å². The van der Waals surface area contributed by atoms with Crippen molar-refractivity contribution in [1.29, 1.82) is 0 Å². The van der Waals surface area contributed by atoms with Crippen LogP contribution in [-0.4, -0.2) is 29.3 Å². The van der Waals surface area contributed by atoms with Crippen molar-refractivity contribution in [2.75, 3.05) is 0 Å². The van der Waals surface area contributed by atoms with Crippen molar-refractivity contribution >= 4 is 43.3 Å². The fourth-order valence-electron chi connectivity index (χ4n) is 1.51. The van der Waals surface area contributed by atoms with Gasteiger partial charge in [-0.1, -0.05) is 0 Å². The number of carbonyl (C=O) groups is 1. The van der Waals surface area contributed by atoms with E-state index in [2.05, 4.69) is 25.8 Å². The van der Waals surface area contributed by atoms with Gasteiger partial charge in [0.2, 0.25) is 10.0 Å². The summed E-state index contributed by atoms with van der Waals surface area (Å²) in [5.41, 5.74) is 0. The molecule has 2 heterocycles. The highest BCUT2D eigenvalue weighted by Crippen LogP contribution is 2.22. The van der Waals surface area contributed by atoms with E-state index >= 15 is 0 Å². The number of hydrogen-bond acceptors (Lipinski definition) is 5. The molecule has 0 unspecified atom stereocenters. The van der Waals surface area contributed by atoms with Gasteiger partial charge in [-0.05, 0) is 27.4 Å². The molecule has 0 bridgehead atoms. The molecule has 114 valence electrons. The number of carboxylic acids is 1. The van der Waals surface area contributed by atoms with Crippen molar-refractivity contribution in [2.24, 2.45) is 0 Å². The summed E-state index contributed by atoms with van der Waals surface area (Å²) in [7, 11) is -3.67. The number of rotatable bonds is 7. The maximum Gasteiger partial charge on any atom is 0.305 e. The summed E-state index contributed by atoms with van der Waals surface area (Å²) in [6.45, 7) is 0.308. The Morgan fingerprint density at radius 3 is 2.90 bits per heavy atom. The molecule has 0 aliphatic heterocycles. The molecule has 21 heavy (non-hydrogen) atoms. The number of aliphatic carboxylic acids is 1. The minimum absolute atomic E-state index is 0.0144. The number of halogens is 1. The first-order valence-electron chi connectivity index (χ1n) is 5.84. The van der Waals surface area contributed by atoms with E-state index in [4.69, 9.17) is 5.11 Å². The number of nitrogens with zero attached hydrogens (tertiary/aromatic N) is 2. The molecular formula is C11H12BrN3O4S2. The maximum absolute atomic E-state index is 12.1. The molecule has 10 heteroatoms. The van der Waals surface area contributed by atoms with E-state index in [1.54, 1.807) is 0 Å². The lowest BCUT2D eigenvalue weighted by Crippen LogP contribution is -2.22. The molecular weight excluding hydrogens is 382 g/mol. The van der Waals surface area contributed by atoms with E-state index in [1.807, 2.05) is 11.4 Å². The number of nitrogens with one attached hydrogen (secondary N) is 1. The SMILES string of the molecule is O=C(O)CCn1cc(S(=O)(=O)NCc2sccc2Br)cn1. The van der Waals surface area contributed by atoms with Gasteiger partial charge in [0, 0.05) is 22.1 Å². The van der Waals surface area contributed by atoms with E-state index in [1.165, 1.54) is 28.4 Å². The Hall–Kier alpha value is -1.23. The standard InChI is InChI=1S/C11H12BrN3O4S2/c12-9-2-4-20-10(9)6-14-21(18,19)8-5-13-15(7-8)3-1-11(16)17/h2,4-5,7,14H,1,3,6H2,(H,16,17). The minimum atomic E-state index is -3.67. The zero-order chi connectivity index (χ0) is 15.5. The van der Waals surface area contributed by atoms with E-state index in [0.717, 1.165) is 9.35 Å². The lowest BCUT2D eigenvalue weighted by atomic mass is 10.4. The topological polar surface area (TPSA) is 101 Å². The number of carboxylic acid groups (broad SMARTS) is 1. The summed E-state index contributed by atoms with van der Waals surface area (Å²) in [4.78, 5) is 11.4. The molecule has 2 aromatic rings. The first-order chi connectivity index (χ1) is 9.88. The third-order valence-electron chi connectivity index (χ3n) is 2.59. The van der Waals surface area contributed by atoms with Crippen LogP contribution in [0.2, 0.25) is 0 Å². The quantitative estimate of drug-likeness (QED) is 0.744. The van der Waals surface area contributed by atoms with Gasteiger partial charge < -0.3 is 5.11 Å². The summed E-state index contributed by atoms with van der Waals surface area (Å²) in [5.74, 6) is -0.962. The van der Waals surface area contributed by atoms with Gasteiger partial charge in [-0.25, -0.2) is 13.1 Å². The average Bonchev–Trinajstić information content (AvgIpc) is 3.03. The summed E-state index contributed by atoms with van der Waals surface area (Å²) in [6, 6.07) is 1.85. The highest BCUT2D eigenvalue weighted by molar-refractivity contribution is 9.10. The van der Waals surface area contributed by atoms with Crippen molar-refractivity contribution in [1.82, 2.24) is 14.5 Å². The van der Waals surface area contributed by atoms with Crippen molar-refractivity contribution in [3.05, 3.63) is 33.2 Å². The van der Waals surface area contributed by atoms with Gasteiger partial charge >= 0.3 is 5.97 Å². The molecule has 2 aromatic heterocycles. The van der Waals surface area contributed by atoms with Gasteiger partial charge in [-0.15, -0.1) is 11.3 Å². The Balaban J connectivity index is 2.02. The van der Waals surface area contributed by atoms with Crippen molar-refractivity contribution in [3.63, 3.8) is 0 Å². The lowest BCUT2D eigenvalue weighted by molar-refractivity contribution is -0.137. The normalized spacial score (nSPS) is 11.7. The molecule has 0 aliphatic rings. The molecule has 2 rings (SSSR count). The van der Waals surface area contributed by atoms with Crippen LogP contribution >= 0.6 is 27.3 Å².